The van der Waals surface area contributed by atoms with Crippen molar-refractivity contribution < 1.29 is 14.2 Å². The maximum Gasteiger partial charge on any atom is 0.126 e. The van der Waals surface area contributed by atoms with Gasteiger partial charge in [-0.1, -0.05) is 12.1 Å². The first-order chi connectivity index (χ1) is 7.68. The van der Waals surface area contributed by atoms with E-state index in [1.54, 1.807) is 19.1 Å². The number of aryl methyl sites for hydroxylation is 1. The van der Waals surface area contributed by atoms with Crippen LogP contribution in [0.2, 0.25) is 0 Å². The molecule has 0 spiro atoms. The van der Waals surface area contributed by atoms with Gasteiger partial charge in [-0.05, 0) is 43.4 Å². The molecule has 16 heavy (non-hydrogen) atoms. The van der Waals surface area contributed by atoms with Gasteiger partial charge in [-0.2, -0.15) is 0 Å². The van der Waals surface area contributed by atoms with E-state index in [0.29, 0.717) is 17.7 Å². The Bertz CT molecular complexity index is 359. The summed E-state index contributed by atoms with van der Waals surface area (Å²) in [5.41, 5.74) is 1.20. The fourth-order valence-corrected chi connectivity index (χ4v) is 2.02. The summed E-state index contributed by atoms with van der Waals surface area (Å²) in [4.78, 5) is 0. The minimum Gasteiger partial charge on any atom is -0.386 e. The van der Waals surface area contributed by atoms with Gasteiger partial charge in [-0.25, -0.2) is 4.39 Å². The molecular formula is C13H17FO2. The Labute approximate surface area is 95.1 Å². The summed E-state index contributed by atoms with van der Waals surface area (Å²) in [6.45, 7) is 2.40. The van der Waals surface area contributed by atoms with Crippen LogP contribution in [-0.2, 0) is 4.74 Å². The predicted molar refractivity (Wildman–Crippen MR) is 59.7 cm³/mol. The molecule has 0 radical (unpaired) electrons. The van der Waals surface area contributed by atoms with E-state index >= 15 is 0 Å². The van der Waals surface area contributed by atoms with Crippen LogP contribution in [-0.4, -0.2) is 17.8 Å². The van der Waals surface area contributed by atoms with E-state index < -0.39 is 6.10 Å². The van der Waals surface area contributed by atoms with Gasteiger partial charge in [0.05, 0.1) is 6.10 Å². The number of hydrogen-bond acceptors (Lipinski definition) is 2. The van der Waals surface area contributed by atoms with E-state index in [-0.39, 0.29) is 11.9 Å². The van der Waals surface area contributed by atoms with E-state index in [0.717, 1.165) is 19.3 Å². The van der Waals surface area contributed by atoms with Crippen LogP contribution in [0.1, 0.15) is 36.5 Å². The maximum atomic E-state index is 13.4. The largest absolute Gasteiger partial charge is 0.386 e. The molecule has 1 aromatic rings. The Morgan fingerprint density at radius 1 is 1.44 bits per heavy atom. The van der Waals surface area contributed by atoms with E-state index in [1.165, 1.54) is 6.07 Å². The average molecular weight is 224 g/mol. The summed E-state index contributed by atoms with van der Waals surface area (Å²) < 4.78 is 18.8. The lowest BCUT2D eigenvalue weighted by atomic mass is 9.97. The van der Waals surface area contributed by atoms with Crippen molar-refractivity contribution in [1.29, 1.82) is 0 Å². The first kappa shape index (κ1) is 11.6. The number of benzene rings is 1. The van der Waals surface area contributed by atoms with Crippen molar-refractivity contribution in [3.63, 3.8) is 0 Å². The Morgan fingerprint density at radius 2 is 2.25 bits per heavy atom. The number of halogens is 1. The molecule has 1 saturated heterocycles. The van der Waals surface area contributed by atoms with Crippen molar-refractivity contribution in [1.82, 2.24) is 0 Å². The third kappa shape index (κ3) is 2.42. The average Bonchev–Trinajstić information content (AvgIpc) is 2.33. The van der Waals surface area contributed by atoms with E-state index in [9.17, 15) is 9.50 Å². The summed E-state index contributed by atoms with van der Waals surface area (Å²) >= 11 is 0. The van der Waals surface area contributed by atoms with Crippen LogP contribution in [0, 0.1) is 12.7 Å². The van der Waals surface area contributed by atoms with Crippen LogP contribution in [0.25, 0.3) is 0 Å². The summed E-state index contributed by atoms with van der Waals surface area (Å²) in [5, 5.41) is 10.1. The Kier molecular flexibility index (Phi) is 3.56. The summed E-state index contributed by atoms with van der Waals surface area (Å²) in [5.74, 6) is -0.271. The topological polar surface area (TPSA) is 29.5 Å². The fraction of sp³-hybridized carbons (Fsp3) is 0.538. The van der Waals surface area contributed by atoms with Gasteiger partial charge < -0.3 is 9.84 Å². The molecule has 1 fully saturated rings. The monoisotopic (exact) mass is 224 g/mol. The molecule has 88 valence electrons. The minimum absolute atomic E-state index is 0.184. The van der Waals surface area contributed by atoms with Crippen molar-refractivity contribution in [3.05, 3.63) is 35.1 Å². The summed E-state index contributed by atoms with van der Waals surface area (Å²) in [7, 11) is 0. The molecule has 2 unspecified atom stereocenters. The highest BCUT2D eigenvalue weighted by atomic mass is 19.1. The van der Waals surface area contributed by atoms with Crippen molar-refractivity contribution in [3.8, 4) is 0 Å². The molecule has 2 nitrogen and oxygen atoms in total. The van der Waals surface area contributed by atoms with Gasteiger partial charge in [0.2, 0.25) is 0 Å². The minimum atomic E-state index is -0.713. The number of hydrogen-bond donors (Lipinski definition) is 1. The number of aliphatic hydroxyl groups is 1. The smallest absolute Gasteiger partial charge is 0.126 e. The van der Waals surface area contributed by atoms with Crippen LogP contribution >= 0.6 is 0 Å². The molecule has 3 heteroatoms. The zero-order valence-corrected chi connectivity index (χ0v) is 9.45. The van der Waals surface area contributed by atoms with Gasteiger partial charge in [-0.15, -0.1) is 0 Å². The normalized spacial score (nSPS) is 23.1. The highest BCUT2D eigenvalue weighted by Crippen LogP contribution is 2.27. The van der Waals surface area contributed by atoms with Crippen molar-refractivity contribution in [2.24, 2.45) is 0 Å². The van der Waals surface area contributed by atoms with Gasteiger partial charge in [0.15, 0.2) is 0 Å². The van der Waals surface area contributed by atoms with Crippen LogP contribution < -0.4 is 0 Å². The molecule has 0 aliphatic carbocycles. The maximum absolute atomic E-state index is 13.4. The zero-order valence-electron chi connectivity index (χ0n) is 9.45. The van der Waals surface area contributed by atoms with Gasteiger partial charge in [0.1, 0.15) is 11.9 Å². The lowest BCUT2D eigenvalue weighted by Gasteiger charge is -2.27. The van der Waals surface area contributed by atoms with Gasteiger partial charge in [0, 0.05) is 6.61 Å². The van der Waals surface area contributed by atoms with E-state index in [4.69, 9.17) is 4.74 Å². The van der Waals surface area contributed by atoms with Crippen LogP contribution in [0.15, 0.2) is 18.2 Å². The highest BCUT2D eigenvalue weighted by molar-refractivity contribution is 5.25. The first-order valence-electron chi connectivity index (χ1n) is 5.74. The van der Waals surface area contributed by atoms with Crippen molar-refractivity contribution in [2.75, 3.05) is 6.61 Å². The van der Waals surface area contributed by atoms with Gasteiger partial charge in [0.25, 0.3) is 0 Å². The van der Waals surface area contributed by atoms with Crippen molar-refractivity contribution >= 4 is 0 Å². The molecule has 0 saturated carbocycles. The van der Waals surface area contributed by atoms with Crippen molar-refractivity contribution in [2.45, 2.75) is 38.4 Å². The number of aliphatic hydroxyl groups excluding tert-OH is 1. The lowest BCUT2D eigenvalue weighted by molar-refractivity contribution is -0.0634. The summed E-state index contributed by atoms with van der Waals surface area (Å²) in [6, 6.07) is 4.86. The molecular weight excluding hydrogens is 207 g/mol. The molecule has 1 N–H and O–H groups in total. The number of ether oxygens (including phenoxy) is 1. The Hall–Kier alpha value is -0.930. The molecule has 2 atom stereocenters. The van der Waals surface area contributed by atoms with E-state index in [1.807, 2.05) is 0 Å². The molecule has 0 amide bonds. The van der Waals surface area contributed by atoms with Crippen LogP contribution in [0.4, 0.5) is 4.39 Å². The quantitative estimate of drug-likeness (QED) is 0.837. The molecule has 2 rings (SSSR count). The van der Waals surface area contributed by atoms with Gasteiger partial charge >= 0.3 is 0 Å². The van der Waals surface area contributed by atoms with Crippen LogP contribution in [0.3, 0.4) is 0 Å². The number of rotatable bonds is 2. The third-order valence-electron chi connectivity index (χ3n) is 3.10. The molecule has 1 aromatic carbocycles. The lowest BCUT2D eigenvalue weighted by Crippen LogP contribution is -2.26. The zero-order chi connectivity index (χ0) is 11.5. The second-order valence-electron chi connectivity index (χ2n) is 4.36. The summed E-state index contributed by atoms with van der Waals surface area (Å²) in [6.07, 6.45) is 2.06. The standard InChI is InChI=1S/C13H17FO2/c1-9-5-6-10(8-11(9)14)13(15)12-4-2-3-7-16-12/h5-6,8,12-13,15H,2-4,7H2,1H3. The SMILES string of the molecule is Cc1ccc(C(O)C2CCCCO2)cc1F. The second kappa shape index (κ2) is 4.93. The fourth-order valence-electron chi connectivity index (χ4n) is 2.02. The molecule has 0 aromatic heterocycles. The first-order valence-corrected chi connectivity index (χ1v) is 5.74. The highest BCUT2D eigenvalue weighted by Gasteiger charge is 2.24. The van der Waals surface area contributed by atoms with Crippen LogP contribution in [0.5, 0.6) is 0 Å². The predicted octanol–water partition coefficient (Wildman–Crippen LogP) is 2.74. The molecule has 0 bridgehead atoms. The second-order valence-corrected chi connectivity index (χ2v) is 4.36. The van der Waals surface area contributed by atoms with Gasteiger partial charge in [-0.3, -0.25) is 0 Å². The molecule has 1 aliphatic rings. The molecule has 1 heterocycles. The molecule has 1 aliphatic heterocycles. The Balaban J connectivity index is 2.12. The van der Waals surface area contributed by atoms with E-state index in [2.05, 4.69) is 0 Å². The Morgan fingerprint density at radius 3 is 2.88 bits per heavy atom. The third-order valence-corrected chi connectivity index (χ3v) is 3.10.